The van der Waals surface area contributed by atoms with Crippen molar-refractivity contribution in [2.24, 2.45) is 5.92 Å². The van der Waals surface area contributed by atoms with Gasteiger partial charge in [0.2, 0.25) is 0 Å². The molecule has 11 heteroatoms. The zero-order valence-electron chi connectivity index (χ0n) is 14.0. The van der Waals surface area contributed by atoms with Crippen LogP contribution in [-0.4, -0.2) is 133 Å². The van der Waals surface area contributed by atoms with Gasteiger partial charge in [0, 0.05) is 18.5 Å². The van der Waals surface area contributed by atoms with Gasteiger partial charge in [-0.15, -0.1) is 0 Å². The van der Waals surface area contributed by atoms with Gasteiger partial charge in [-0.25, -0.2) is 0 Å². The Morgan fingerprint density at radius 2 is 1.50 bits per heavy atom. The Morgan fingerprint density at radius 1 is 0.808 bits per heavy atom. The van der Waals surface area contributed by atoms with Crippen LogP contribution in [0.1, 0.15) is 0 Å². The number of hydrogen-bond acceptors (Lipinski definition) is 11. The molecular weight excluding hydrogens is 354 g/mol. The molecule has 0 aromatic carbocycles. The van der Waals surface area contributed by atoms with Crippen LogP contribution >= 0.6 is 0 Å². The predicted molar refractivity (Wildman–Crippen MR) is 82.6 cm³/mol. The van der Waals surface area contributed by atoms with Gasteiger partial charge in [-0.05, 0) is 0 Å². The van der Waals surface area contributed by atoms with Crippen molar-refractivity contribution in [3.63, 3.8) is 0 Å². The number of nitrogens with zero attached hydrogens (tertiary/aromatic N) is 1. The van der Waals surface area contributed by atoms with Crippen molar-refractivity contribution in [1.82, 2.24) is 4.90 Å². The first-order valence-corrected chi connectivity index (χ1v) is 8.65. The van der Waals surface area contributed by atoms with E-state index in [-0.39, 0.29) is 19.8 Å². The molecule has 0 saturated carbocycles. The van der Waals surface area contributed by atoms with Crippen molar-refractivity contribution in [2.75, 3.05) is 26.4 Å². The second-order valence-electron chi connectivity index (χ2n) is 7.14. The second kappa shape index (κ2) is 7.89. The molecule has 3 fully saturated rings. The van der Waals surface area contributed by atoms with Gasteiger partial charge in [0.1, 0.15) is 24.4 Å². The fourth-order valence-electron chi connectivity index (χ4n) is 4.30. The van der Waals surface area contributed by atoms with Gasteiger partial charge >= 0.3 is 0 Å². The number of aliphatic hydroxyl groups excluding tert-OH is 8. The number of aliphatic hydroxyl groups is 8. The summed E-state index contributed by atoms with van der Waals surface area (Å²) in [4.78, 5) is 1.64. The molecule has 8 N–H and O–H groups in total. The molecule has 3 heterocycles. The molecule has 152 valence electrons. The topological polar surface area (TPSA) is 184 Å². The van der Waals surface area contributed by atoms with Crippen LogP contribution in [0.25, 0.3) is 0 Å². The van der Waals surface area contributed by atoms with Crippen LogP contribution in [-0.2, 0) is 9.47 Å². The highest BCUT2D eigenvalue weighted by molar-refractivity contribution is 5.10. The van der Waals surface area contributed by atoms with Crippen LogP contribution in [0.3, 0.4) is 0 Å². The summed E-state index contributed by atoms with van der Waals surface area (Å²) in [6.45, 7) is -1.22. The molecular formula is C15H27NO10. The molecule has 0 amide bonds. The number of hydrogen-bond donors (Lipinski definition) is 8. The largest absolute Gasteiger partial charge is 0.396 e. The van der Waals surface area contributed by atoms with Crippen LogP contribution in [0.2, 0.25) is 0 Å². The van der Waals surface area contributed by atoms with E-state index >= 15 is 0 Å². The number of ether oxygens (including phenoxy) is 2. The summed E-state index contributed by atoms with van der Waals surface area (Å²) in [6, 6.07) is -1.37. The average Bonchev–Trinajstić information content (AvgIpc) is 3.09. The monoisotopic (exact) mass is 381 g/mol. The minimum atomic E-state index is -1.59. The average molecular weight is 381 g/mol. The van der Waals surface area contributed by atoms with Gasteiger partial charge in [-0.1, -0.05) is 0 Å². The summed E-state index contributed by atoms with van der Waals surface area (Å²) in [6.07, 6.45) is -10.2. The first-order chi connectivity index (χ1) is 12.3. The summed E-state index contributed by atoms with van der Waals surface area (Å²) in [5.74, 6) is -0.636. The van der Waals surface area contributed by atoms with Crippen molar-refractivity contribution in [2.45, 2.75) is 61.1 Å². The zero-order chi connectivity index (χ0) is 19.2. The van der Waals surface area contributed by atoms with Crippen LogP contribution < -0.4 is 0 Å². The molecule has 0 bridgehead atoms. The van der Waals surface area contributed by atoms with E-state index in [9.17, 15) is 40.9 Å². The van der Waals surface area contributed by atoms with Crippen LogP contribution in [0.15, 0.2) is 0 Å². The Hall–Kier alpha value is -0.440. The van der Waals surface area contributed by atoms with E-state index in [2.05, 4.69) is 0 Å². The summed E-state index contributed by atoms with van der Waals surface area (Å²) < 4.78 is 11.0. The third-order valence-corrected chi connectivity index (χ3v) is 5.77. The first kappa shape index (κ1) is 20.3. The molecule has 0 aromatic heterocycles. The molecule has 0 spiro atoms. The van der Waals surface area contributed by atoms with Gasteiger partial charge in [-0.3, -0.25) is 4.90 Å². The Balaban J connectivity index is 1.74. The van der Waals surface area contributed by atoms with Gasteiger partial charge in [-0.2, -0.15) is 0 Å². The lowest BCUT2D eigenvalue weighted by Crippen LogP contribution is -2.60. The lowest BCUT2D eigenvalue weighted by atomic mass is 9.93. The molecule has 0 aromatic rings. The van der Waals surface area contributed by atoms with E-state index in [0.29, 0.717) is 0 Å². The fourth-order valence-corrected chi connectivity index (χ4v) is 4.30. The maximum atomic E-state index is 10.2. The molecule has 1 unspecified atom stereocenters. The third-order valence-electron chi connectivity index (χ3n) is 5.77. The van der Waals surface area contributed by atoms with Crippen molar-refractivity contribution < 1.29 is 50.3 Å². The highest BCUT2D eigenvalue weighted by atomic mass is 16.7. The lowest BCUT2D eigenvalue weighted by Gasteiger charge is -2.41. The SMILES string of the molecule is OCC1[C@@H](O[C@H]2O[C@H](CO)[C@@H](O)[C@H](O)[C@H]2O)CN2[C@H](CO)[C@@H](O)[C@H](O)[C@@H]12. The summed E-state index contributed by atoms with van der Waals surface area (Å²) in [5, 5.41) is 78.5. The highest BCUT2D eigenvalue weighted by Crippen LogP contribution is 2.39. The first-order valence-electron chi connectivity index (χ1n) is 8.65. The second-order valence-corrected chi connectivity index (χ2v) is 7.14. The molecule has 3 aliphatic heterocycles. The summed E-state index contributed by atoms with van der Waals surface area (Å²) in [5.41, 5.74) is 0. The Labute approximate surface area is 149 Å². The van der Waals surface area contributed by atoms with Gasteiger partial charge < -0.3 is 50.3 Å². The minimum absolute atomic E-state index is 0.143. The van der Waals surface area contributed by atoms with E-state index in [0.717, 1.165) is 0 Å². The standard InChI is InChI=1S/C15H27NO10/c17-2-5-7(1-16-6(3-18)10(20)12(22)9(5)16)25-15-14(24)13(23)11(21)8(4-19)26-15/h5-15,17-24H,1-4H2/t5?,6-,7+,8-,9-,10-,11-,12-,13+,14-,15+/m1/s1. The van der Waals surface area contributed by atoms with E-state index in [1.54, 1.807) is 4.90 Å². The highest BCUT2D eigenvalue weighted by Gasteiger charge is 2.58. The van der Waals surface area contributed by atoms with Crippen LogP contribution in [0, 0.1) is 5.92 Å². The third kappa shape index (κ3) is 3.16. The molecule has 26 heavy (non-hydrogen) atoms. The van der Waals surface area contributed by atoms with E-state index in [1.807, 2.05) is 0 Å². The normalized spacial score (nSPS) is 52.4. The van der Waals surface area contributed by atoms with Crippen molar-refractivity contribution in [3.8, 4) is 0 Å². The molecule has 0 radical (unpaired) electrons. The van der Waals surface area contributed by atoms with Crippen LogP contribution in [0.5, 0.6) is 0 Å². The number of rotatable bonds is 5. The Kier molecular flexibility index (Phi) is 6.16. The summed E-state index contributed by atoms with van der Waals surface area (Å²) >= 11 is 0. The van der Waals surface area contributed by atoms with Crippen molar-refractivity contribution in [3.05, 3.63) is 0 Å². The molecule has 3 aliphatic rings. The maximum absolute atomic E-state index is 10.2. The van der Waals surface area contributed by atoms with Crippen molar-refractivity contribution >= 4 is 0 Å². The fraction of sp³-hybridized carbons (Fsp3) is 1.00. The maximum Gasteiger partial charge on any atom is 0.187 e. The molecule has 11 atom stereocenters. The van der Waals surface area contributed by atoms with Gasteiger partial charge in [0.15, 0.2) is 6.29 Å². The number of fused-ring (bicyclic) bond motifs is 1. The predicted octanol–water partition coefficient (Wildman–Crippen LogP) is -5.44. The van der Waals surface area contributed by atoms with E-state index < -0.39 is 73.6 Å². The quantitative estimate of drug-likeness (QED) is 0.227. The van der Waals surface area contributed by atoms with Gasteiger partial charge in [0.25, 0.3) is 0 Å². The molecule has 3 saturated heterocycles. The van der Waals surface area contributed by atoms with Crippen molar-refractivity contribution in [1.29, 1.82) is 0 Å². The minimum Gasteiger partial charge on any atom is -0.396 e. The summed E-state index contributed by atoms with van der Waals surface area (Å²) in [7, 11) is 0. The molecule has 3 rings (SSSR count). The Morgan fingerprint density at radius 3 is 2.08 bits per heavy atom. The van der Waals surface area contributed by atoms with E-state index in [4.69, 9.17) is 9.47 Å². The lowest BCUT2D eigenvalue weighted by molar-refractivity contribution is -0.313. The van der Waals surface area contributed by atoms with E-state index in [1.165, 1.54) is 0 Å². The molecule has 11 nitrogen and oxygen atoms in total. The Bertz CT molecular complexity index is 481. The smallest absolute Gasteiger partial charge is 0.187 e. The van der Waals surface area contributed by atoms with Crippen LogP contribution in [0.4, 0.5) is 0 Å². The molecule has 0 aliphatic carbocycles. The van der Waals surface area contributed by atoms with Gasteiger partial charge in [0.05, 0.1) is 44.2 Å². The zero-order valence-corrected chi connectivity index (χ0v) is 14.0.